The summed E-state index contributed by atoms with van der Waals surface area (Å²) in [7, 11) is 0. The van der Waals surface area contributed by atoms with Crippen molar-refractivity contribution in [3.8, 4) is 11.1 Å². The van der Waals surface area contributed by atoms with Crippen LogP contribution in [0.4, 0.5) is 4.39 Å². The minimum atomic E-state index is -0.305. The Hall–Kier alpha value is -3.14. The van der Waals surface area contributed by atoms with E-state index in [1.807, 2.05) is 53.4 Å². The Bertz CT molecular complexity index is 1070. The summed E-state index contributed by atoms with van der Waals surface area (Å²) in [5, 5.41) is 0. The molecule has 0 saturated carbocycles. The van der Waals surface area contributed by atoms with E-state index in [1.54, 1.807) is 18.6 Å². The molecule has 1 aromatic heterocycles. The van der Waals surface area contributed by atoms with Gasteiger partial charge >= 0.3 is 0 Å². The highest BCUT2D eigenvalue weighted by Gasteiger charge is 2.50. The first-order chi connectivity index (χ1) is 14.6. The molecule has 0 spiro atoms. The Balaban J connectivity index is 1.56. The molecule has 1 aliphatic heterocycles. The number of halogens is 1. The van der Waals surface area contributed by atoms with Crippen molar-refractivity contribution >= 4 is 5.91 Å². The van der Waals surface area contributed by atoms with Crippen LogP contribution in [0.2, 0.25) is 0 Å². The Kier molecular flexibility index (Phi) is 4.78. The lowest BCUT2D eigenvalue weighted by Crippen LogP contribution is -2.31. The molecule has 1 fully saturated rings. The van der Waals surface area contributed by atoms with Crippen molar-refractivity contribution < 1.29 is 13.6 Å². The number of hydrogen-bond acceptors (Lipinski definition) is 2. The van der Waals surface area contributed by atoms with E-state index in [0.717, 1.165) is 23.1 Å². The van der Waals surface area contributed by atoms with Gasteiger partial charge in [0.05, 0.1) is 18.6 Å². The minimum Gasteiger partial charge on any atom is -0.472 e. The molecule has 4 heteroatoms. The van der Waals surface area contributed by atoms with Gasteiger partial charge in [-0.25, -0.2) is 4.39 Å². The van der Waals surface area contributed by atoms with Crippen molar-refractivity contribution in [2.24, 2.45) is 17.8 Å². The van der Waals surface area contributed by atoms with Crippen molar-refractivity contribution in [1.82, 2.24) is 4.90 Å². The highest BCUT2D eigenvalue weighted by Crippen LogP contribution is 2.49. The molecule has 3 nitrogen and oxygen atoms in total. The summed E-state index contributed by atoms with van der Waals surface area (Å²) in [6, 6.07) is 16.8. The number of furan rings is 1. The van der Waals surface area contributed by atoms with Gasteiger partial charge < -0.3 is 9.32 Å². The number of rotatable bonds is 4. The summed E-state index contributed by atoms with van der Waals surface area (Å²) in [6.45, 7) is 2.61. The van der Waals surface area contributed by atoms with Crippen LogP contribution in [0.5, 0.6) is 0 Å². The molecule has 5 rings (SSSR count). The lowest BCUT2D eigenvalue weighted by molar-refractivity contribution is -0.134. The average molecular weight is 401 g/mol. The first kappa shape index (κ1) is 18.9. The highest BCUT2D eigenvalue weighted by molar-refractivity contribution is 5.83. The molecule has 0 radical (unpaired) electrons. The summed E-state index contributed by atoms with van der Waals surface area (Å²) in [4.78, 5) is 15.3. The third-order valence-corrected chi connectivity index (χ3v) is 6.53. The smallest absolute Gasteiger partial charge is 0.227 e. The van der Waals surface area contributed by atoms with Crippen LogP contribution in [0.1, 0.15) is 30.5 Å². The summed E-state index contributed by atoms with van der Waals surface area (Å²) in [5.41, 5.74) is 3.25. The molecule has 0 bridgehead atoms. The van der Waals surface area contributed by atoms with E-state index < -0.39 is 0 Å². The van der Waals surface area contributed by atoms with Crippen LogP contribution >= 0.6 is 0 Å². The van der Waals surface area contributed by atoms with E-state index in [4.69, 9.17) is 4.42 Å². The van der Waals surface area contributed by atoms with Crippen LogP contribution in [-0.4, -0.2) is 10.8 Å². The summed E-state index contributed by atoms with van der Waals surface area (Å²) < 4.78 is 20.5. The molecule has 1 aliphatic carbocycles. The summed E-state index contributed by atoms with van der Waals surface area (Å²) in [5.74, 6) is -0.0132. The zero-order valence-electron chi connectivity index (χ0n) is 16.9. The van der Waals surface area contributed by atoms with Crippen LogP contribution in [0.3, 0.4) is 0 Å². The maximum atomic E-state index is 15.4. The maximum Gasteiger partial charge on any atom is 0.227 e. The Morgan fingerprint density at radius 2 is 1.93 bits per heavy atom. The number of fused-ring (bicyclic) bond motifs is 1. The van der Waals surface area contributed by atoms with Crippen molar-refractivity contribution in [3.63, 3.8) is 0 Å². The fourth-order valence-electron chi connectivity index (χ4n) is 5.05. The Labute approximate surface area is 175 Å². The zero-order chi connectivity index (χ0) is 20.7. The predicted molar refractivity (Wildman–Crippen MR) is 114 cm³/mol. The van der Waals surface area contributed by atoms with Crippen LogP contribution in [0.25, 0.3) is 11.1 Å². The van der Waals surface area contributed by atoms with E-state index in [2.05, 4.69) is 19.1 Å². The molecule has 30 heavy (non-hydrogen) atoms. The quantitative estimate of drug-likeness (QED) is 0.503. The van der Waals surface area contributed by atoms with Gasteiger partial charge in [0.1, 0.15) is 5.82 Å². The largest absolute Gasteiger partial charge is 0.472 e. The van der Waals surface area contributed by atoms with E-state index in [9.17, 15) is 4.79 Å². The number of amides is 1. The van der Waals surface area contributed by atoms with Crippen LogP contribution < -0.4 is 0 Å². The first-order valence-corrected chi connectivity index (χ1v) is 10.5. The predicted octanol–water partition coefficient (Wildman–Crippen LogP) is 6.00. The summed E-state index contributed by atoms with van der Waals surface area (Å²) in [6.07, 6.45) is 8.35. The molecule has 2 aromatic carbocycles. The van der Waals surface area contributed by atoms with Crippen molar-refractivity contribution in [2.45, 2.75) is 25.9 Å². The molecule has 0 unspecified atom stereocenters. The molecule has 0 N–H and O–H groups in total. The van der Waals surface area contributed by atoms with E-state index in [0.29, 0.717) is 12.1 Å². The molecule has 1 amide bonds. The fourth-order valence-corrected chi connectivity index (χ4v) is 5.05. The fraction of sp³-hybridized carbons (Fsp3) is 0.269. The average Bonchev–Trinajstić information content (AvgIpc) is 3.38. The Morgan fingerprint density at radius 3 is 2.67 bits per heavy atom. The maximum absolute atomic E-state index is 15.4. The molecule has 2 heterocycles. The molecule has 1 saturated heterocycles. The minimum absolute atomic E-state index is 0.0146. The number of allylic oxidation sites excluding steroid dienone is 1. The van der Waals surface area contributed by atoms with E-state index >= 15 is 4.39 Å². The van der Waals surface area contributed by atoms with Gasteiger partial charge in [-0.2, -0.15) is 0 Å². The first-order valence-electron chi connectivity index (χ1n) is 10.5. The molecule has 3 aromatic rings. The van der Waals surface area contributed by atoms with Crippen LogP contribution in [0, 0.1) is 23.6 Å². The number of hydrogen-bond donors (Lipinski definition) is 0. The number of likely N-dealkylation sites (tertiary alicyclic amines) is 1. The van der Waals surface area contributed by atoms with Gasteiger partial charge in [-0.3, -0.25) is 4.79 Å². The number of carbonyl (C=O) groups excluding carboxylic acids is 1. The van der Waals surface area contributed by atoms with Crippen LogP contribution in [-0.2, 0) is 11.3 Å². The second kappa shape index (κ2) is 7.60. The van der Waals surface area contributed by atoms with Crippen LogP contribution in [0.15, 0.2) is 83.7 Å². The van der Waals surface area contributed by atoms with Crippen molar-refractivity contribution in [2.75, 3.05) is 0 Å². The topological polar surface area (TPSA) is 33.5 Å². The van der Waals surface area contributed by atoms with Gasteiger partial charge in [0, 0.05) is 29.5 Å². The molecule has 152 valence electrons. The second-order valence-corrected chi connectivity index (χ2v) is 8.39. The molecular formula is C26H24FNO2. The van der Waals surface area contributed by atoms with Gasteiger partial charge in [0.25, 0.3) is 0 Å². The lowest BCUT2D eigenvalue weighted by atomic mass is 9.75. The highest BCUT2D eigenvalue weighted by atomic mass is 19.1. The summed E-state index contributed by atoms with van der Waals surface area (Å²) >= 11 is 0. The van der Waals surface area contributed by atoms with E-state index in [1.165, 1.54) is 0 Å². The normalized spacial score (nSPS) is 25.5. The monoisotopic (exact) mass is 401 g/mol. The van der Waals surface area contributed by atoms with Gasteiger partial charge in [-0.05, 0) is 35.6 Å². The van der Waals surface area contributed by atoms with Crippen molar-refractivity contribution in [1.29, 1.82) is 0 Å². The Morgan fingerprint density at radius 1 is 1.10 bits per heavy atom. The SMILES string of the molecule is C[C@H]1CC=C[C@@H]2[C@@H]1C(=O)N(Cc1ccccc1)[C@H]2c1ccc(-c2ccoc2)cc1F. The number of benzene rings is 2. The van der Waals surface area contributed by atoms with Gasteiger partial charge in [0.2, 0.25) is 5.91 Å². The standard InChI is InChI=1S/C26H24FNO2/c1-17-6-5-9-22-24(17)26(29)28(15-18-7-3-2-4-8-18)25(22)21-11-10-19(14-23(21)27)20-12-13-30-16-20/h2-5,7-14,16-17,22,24-25H,6,15H2,1H3/t17-,22+,24+,25-/m0/s1. The molecule has 2 aliphatic rings. The third-order valence-electron chi connectivity index (χ3n) is 6.53. The number of carbonyl (C=O) groups is 1. The lowest BCUT2D eigenvalue weighted by Gasteiger charge is -2.30. The number of nitrogens with zero attached hydrogens (tertiary/aromatic N) is 1. The van der Waals surface area contributed by atoms with Crippen molar-refractivity contribution in [3.05, 3.63) is 96.2 Å². The third kappa shape index (κ3) is 3.17. The van der Waals surface area contributed by atoms with Gasteiger partial charge in [-0.1, -0.05) is 61.5 Å². The van der Waals surface area contributed by atoms with Gasteiger partial charge in [-0.15, -0.1) is 0 Å². The molecule has 4 atom stereocenters. The molecular weight excluding hydrogens is 377 g/mol. The van der Waals surface area contributed by atoms with Gasteiger partial charge in [0.15, 0.2) is 0 Å². The zero-order valence-corrected chi connectivity index (χ0v) is 16.9. The van der Waals surface area contributed by atoms with E-state index in [-0.39, 0.29) is 35.5 Å². The second-order valence-electron chi connectivity index (χ2n) is 8.39.